The Balaban J connectivity index is 2.47. The molecular weight excluding hydrogens is 270 g/mol. The zero-order chi connectivity index (χ0) is 14.5. The molecule has 106 valence electrons. The number of thioether (sulfide) groups is 1. The molecule has 1 rings (SSSR count). The van der Waals surface area contributed by atoms with E-state index >= 15 is 0 Å². The summed E-state index contributed by atoms with van der Waals surface area (Å²) in [7, 11) is 1.67. The summed E-state index contributed by atoms with van der Waals surface area (Å²) in [5, 5.41) is 2.88. The van der Waals surface area contributed by atoms with Crippen molar-refractivity contribution in [2.24, 2.45) is 5.73 Å². The highest BCUT2D eigenvalue weighted by molar-refractivity contribution is 7.99. The number of benzene rings is 1. The van der Waals surface area contributed by atoms with Crippen molar-refractivity contribution >= 4 is 17.7 Å². The van der Waals surface area contributed by atoms with Gasteiger partial charge in [-0.2, -0.15) is 0 Å². The highest BCUT2D eigenvalue weighted by Gasteiger charge is 2.27. The molecule has 1 amide bonds. The summed E-state index contributed by atoms with van der Waals surface area (Å²) < 4.78 is 26.3. The van der Waals surface area contributed by atoms with Crippen molar-refractivity contribution in [1.29, 1.82) is 0 Å². The number of carbonyl (C=O) groups excluding carboxylic acids is 1. The molecule has 0 aliphatic rings. The summed E-state index contributed by atoms with van der Waals surface area (Å²) in [5.74, 6) is -0.721. The maximum Gasteiger partial charge on any atom is 0.237 e. The van der Waals surface area contributed by atoms with Crippen LogP contribution in [-0.2, 0) is 4.79 Å². The molecule has 0 bridgehead atoms. The minimum Gasteiger partial charge on any atom is -0.368 e. The van der Waals surface area contributed by atoms with Crippen LogP contribution in [0.2, 0.25) is 0 Å². The normalized spacial score (nSPS) is 14.1. The van der Waals surface area contributed by atoms with E-state index < -0.39 is 23.1 Å². The summed E-state index contributed by atoms with van der Waals surface area (Å²) in [4.78, 5) is 11.5. The average Bonchev–Trinajstić information content (AvgIpc) is 2.38. The predicted molar refractivity (Wildman–Crippen MR) is 73.0 cm³/mol. The largest absolute Gasteiger partial charge is 0.368 e. The molecule has 3 N–H and O–H groups in total. The monoisotopic (exact) mass is 288 g/mol. The number of rotatable bonds is 7. The summed E-state index contributed by atoms with van der Waals surface area (Å²) in [5.41, 5.74) is 4.54. The number of likely N-dealkylation sites (N-methyl/N-ethyl adjacent to an activating group) is 1. The molecule has 0 aliphatic carbocycles. The van der Waals surface area contributed by atoms with Crippen LogP contribution in [0, 0.1) is 11.6 Å². The number of primary amides is 1. The van der Waals surface area contributed by atoms with Crippen LogP contribution in [0.15, 0.2) is 23.1 Å². The maximum atomic E-state index is 13.4. The van der Waals surface area contributed by atoms with E-state index in [4.69, 9.17) is 5.73 Å². The van der Waals surface area contributed by atoms with Crippen LogP contribution in [0.1, 0.15) is 19.8 Å². The molecular formula is C13H18F2N2OS. The van der Waals surface area contributed by atoms with E-state index in [1.54, 1.807) is 14.0 Å². The molecule has 0 heterocycles. The minimum atomic E-state index is -0.763. The summed E-state index contributed by atoms with van der Waals surface area (Å²) in [6.45, 7) is 1.72. The lowest BCUT2D eigenvalue weighted by Gasteiger charge is -2.25. The van der Waals surface area contributed by atoms with E-state index in [-0.39, 0.29) is 4.90 Å². The van der Waals surface area contributed by atoms with Crippen LogP contribution in [0.3, 0.4) is 0 Å². The first kappa shape index (κ1) is 15.9. The van der Waals surface area contributed by atoms with Crippen LogP contribution in [0.5, 0.6) is 0 Å². The number of amides is 1. The molecule has 1 aromatic carbocycles. The van der Waals surface area contributed by atoms with Gasteiger partial charge in [-0.3, -0.25) is 4.79 Å². The fourth-order valence-electron chi connectivity index (χ4n) is 1.57. The first-order valence-corrected chi connectivity index (χ1v) is 6.94. The highest BCUT2D eigenvalue weighted by Crippen LogP contribution is 2.24. The Morgan fingerprint density at radius 3 is 2.74 bits per heavy atom. The van der Waals surface area contributed by atoms with Gasteiger partial charge in [0.25, 0.3) is 0 Å². The second-order valence-electron chi connectivity index (χ2n) is 4.47. The van der Waals surface area contributed by atoms with Gasteiger partial charge in [-0.05, 0) is 50.8 Å². The summed E-state index contributed by atoms with van der Waals surface area (Å²) >= 11 is 1.23. The van der Waals surface area contributed by atoms with Gasteiger partial charge >= 0.3 is 0 Å². The molecule has 0 radical (unpaired) electrons. The number of carbonyl (C=O) groups is 1. The number of nitrogens with one attached hydrogen (secondary N) is 1. The molecule has 19 heavy (non-hydrogen) atoms. The number of nitrogens with two attached hydrogens (primary N) is 1. The Labute approximate surface area is 115 Å². The topological polar surface area (TPSA) is 55.1 Å². The number of hydrogen-bond donors (Lipinski definition) is 2. The van der Waals surface area contributed by atoms with Crippen molar-refractivity contribution in [1.82, 2.24) is 5.32 Å². The molecule has 0 aromatic heterocycles. The van der Waals surface area contributed by atoms with Gasteiger partial charge in [-0.1, -0.05) is 0 Å². The summed E-state index contributed by atoms with van der Waals surface area (Å²) in [6, 6.07) is 3.37. The smallest absolute Gasteiger partial charge is 0.237 e. The van der Waals surface area contributed by atoms with Crippen LogP contribution in [0.25, 0.3) is 0 Å². The van der Waals surface area contributed by atoms with Gasteiger partial charge in [0, 0.05) is 4.90 Å². The Hall–Kier alpha value is -1.14. The zero-order valence-corrected chi connectivity index (χ0v) is 11.8. The molecule has 0 saturated carbocycles. The van der Waals surface area contributed by atoms with Crippen molar-refractivity contribution in [2.75, 3.05) is 12.8 Å². The molecule has 1 aromatic rings. The van der Waals surface area contributed by atoms with Crippen LogP contribution in [0.4, 0.5) is 8.78 Å². The lowest BCUT2D eigenvalue weighted by molar-refractivity contribution is -0.123. The first-order valence-electron chi connectivity index (χ1n) is 5.96. The van der Waals surface area contributed by atoms with E-state index in [1.807, 2.05) is 0 Å². The third-order valence-electron chi connectivity index (χ3n) is 3.07. The predicted octanol–water partition coefficient (Wildman–Crippen LogP) is 2.30. The highest BCUT2D eigenvalue weighted by atomic mass is 32.2. The minimum absolute atomic E-state index is 0.283. The van der Waals surface area contributed by atoms with E-state index in [0.29, 0.717) is 18.6 Å². The zero-order valence-electron chi connectivity index (χ0n) is 11.0. The lowest BCUT2D eigenvalue weighted by atomic mass is 9.96. The van der Waals surface area contributed by atoms with E-state index in [2.05, 4.69) is 5.32 Å². The molecule has 0 fully saturated rings. The molecule has 6 heteroatoms. The molecule has 3 nitrogen and oxygen atoms in total. The molecule has 0 aliphatic heterocycles. The average molecular weight is 288 g/mol. The molecule has 1 atom stereocenters. The van der Waals surface area contributed by atoms with E-state index in [1.165, 1.54) is 17.8 Å². The summed E-state index contributed by atoms with van der Waals surface area (Å²) in [6.07, 6.45) is 1.21. The third kappa shape index (κ3) is 4.47. The van der Waals surface area contributed by atoms with Gasteiger partial charge in [-0.15, -0.1) is 11.8 Å². The van der Waals surface area contributed by atoms with E-state index in [9.17, 15) is 13.6 Å². The standard InChI is InChI=1S/C13H18F2N2OS/c1-13(17-2,12(16)18)6-3-7-19-11-8-9(14)4-5-10(11)15/h4-5,8,17H,3,6-7H2,1-2H3,(H2,16,18). The van der Waals surface area contributed by atoms with Gasteiger partial charge < -0.3 is 11.1 Å². The second kappa shape index (κ2) is 6.86. The Morgan fingerprint density at radius 2 is 2.16 bits per heavy atom. The Bertz CT molecular complexity index is 456. The second-order valence-corrected chi connectivity index (χ2v) is 5.61. The maximum absolute atomic E-state index is 13.4. The van der Waals surface area contributed by atoms with Crippen molar-refractivity contribution in [3.8, 4) is 0 Å². The third-order valence-corrected chi connectivity index (χ3v) is 4.18. The molecule has 1 unspecified atom stereocenters. The van der Waals surface area contributed by atoms with Crippen LogP contribution in [-0.4, -0.2) is 24.2 Å². The van der Waals surface area contributed by atoms with Crippen molar-refractivity contribution in [3.63, 3.8) is 0 Å². The fraction of sp³-hybridized carbons (Fsp3) is 0.462. The molecule has 0 spiro atoms. The SMILES string of the molecule is CNC(C)(CCCSc1cc(F)ccc1F)C(N)=O. The van der Waals surface area contributed by atoms with Crippen molar-refractivity contribution in [2.45, 2.75) is 30.2 Å². The Morgan fingerprint density at radius 1 is 1.47 bits per heavy atom. The van der Waals surface area contributed by atoms with Crippen molar-refractivity contribution < 1.29 is 13.6 Å². The molecule has 0 saturated heterocycles. The first-order chi connectivity index (χ1) is 8.89. The van der Waals surface area contributed by atoms with Crippen molar-refractivity contribution in [3.05, 3.63) is 29.8 Å². The van der Waals surface area contributed by atoms with Gasteiger partial charge in [0.2, 0.25) is 5.91 Å². The van der Waals surface area contributed by atoms with Crippen LogP contribution >= 0.6 is 11.8 Å². The van der Waals surface area contributed by atoms with Gasteiger partial charge in [-0.25, -0.2) is 8.78 Å². The van der Waals surface area contributed by atoms with Gasteiger partial charge in [0.15, 0.2) is 0 Å². The van der Waals surface area contributed by atoms with E-state index in [0.717, 1.165) is 12.1 Å². The lowest BCUT2D eigenvalue weighted by Crippen LogP contribution is -2.51. The van der Waals surface area contributed by atoms with Gasteiger partial charge in [0.05, 0.1) is 5.54 Å². The Kier molecular flexibility index (Phi) is 5.75. The van der Waals surface area contributed by atoms with Gasteiger partial charge in [0.1, 0.15) is 11.6 Å². The van der Waals surface area contributed by atoms with Crippen LogP contribution < -0.4 is 11.1 Å². The number of hydrogen-bond acceptors (Lipinski definition) is 3. The number of halogens is 2. The quantitative estimate of drug-likeness (QED) is 0.598. The fourth-order valence-corrected chi connectivity index (χ4v) is 2.48.